The minimum atomic E-state index is 0.0379. The molecule has 0 radical (unpaired) electrons. The van der Waals surface area contributed by atoms with Crippen LogP contribution in [0.2, 0.25) is 0 Å². The summed E-state index contributed by atoms with van der Waals surface area (Å²) in [5, 5.41) is 0. The molecule has 1 amide bonds. The summed E-state index contributed by atoms with van der Waals surface area (Å²) in [7, 11) is 0. The van der Waals surface area contributed by atoms with Crippen molar-refractivity contribution in [2.75, 3.05) is 39.3 Å². The number of amides is 1. The van der Waals surface area contributed by atoms with E-state index in [0.717, 1.165) is 45.8 Å². The van der Waals surface area contributed by atoms with Crippen LogP contribution in [0.3, 0.4) is 0 Å². The van der Waals surface area contributed by atoms with Crippen LogP contribution in [-0.4, -0.2) is 66.1 Å². The van der Waals surface area contributed by atoms with Crippen molar-refractivity contribution in [3.8, 4) is 0 Å². The van der Waals surface area contributed by atoms with Gasteiger partial charge in [-0.25, -0.2) is 0 Å². The van der Waals surface area contributed by atoms with Crippen LogP contribution < -0.4 is 0 Å². The van der Waals surface area contributed by atoms with Crippen LogP contribution in [0.1, 0.15) is 30.8 Å². The number of aromatic nitrogens is 1. The molecule has 1 aromatic rings. The number of hydrogen-bond acceptors (Lipinski definition) is 4. The zero-order chi connectivity index (χ0) is 15.1. The molecule has 2 heterocycles. The van der Waals surface area contributed by atoms with Crippen molar-refractivity contribution < 1.29 is 9.53 Å². The third-order valence-corrected chi connectivity index (χ3v) is 3.62. The van der Waals surface area contributed by atoms with Crippen molar-refractivity contribution in [3.63, 3.8) is 0 Å². The second-order valence-corrected chi connectivity index (χ2v) is 5.62. The maximum atomic E-state index is 12.4. The van der Waals surface area contributed by atoms with E-state index in [1.54, 1.807) is 12.3 Å². The van der Waals surface area contributed by atoms with Gasteiger partial charge in [0.2, 0.25) is 0 Å². The molecule has 0 N–H and O–H groups in total. The number of hydrogen-bond donors (Lipinski definition) is 0. The molecule has 1 saturated heterocycles. The van der Waals surface area contributed by atoms with Gasteiger partial charge in [0.1, 0.15) is 5.69 Å². The van der Waals surface area contributed by atoms with E-state index >= 15 is 0 Å². The Kier molecular flexibility index (Phi) is 6.14. The highest BCUT2D eigenvalue weighted by Crippen LogP contribution is 2.07. The normalized spacial score (nSPS) is 17.0. The molecule has 21 heavy (non-hydrogen) atoms. The zero-order valence-corrected chi connectivity index (χ0v) is 13.0. The van der Waals surface area contributed by atoms with Gasteiger partial charge in [-0.2, -0.15) is 0 Å². The van der Waals surface area contributed by atoms with Crippen LogP contribution in [-0.2, 0) is 4.74 Å². The first-order valence-electron chi connectivity index (χ1n) is 7.71. The molecular weight excluding hydrogens is 266 g/mol. The summed E-state index contributed by atoms with van der Waals surface area (Å²) in [5.41, 5.74) is 0.536. The van der Waals surface area contributed by atoms with Crippen molar-refractivity contribution in [2.24, 2.45) is 0 Å². The Labute approximate surface area is 126 Å². The number of carbonyl (C=O) groups excluding carboxylic acids is 1. The fraction of sp³-hybridized carbons (Fsp3) is 0.625. The van der Waals surface area contributed by atoms with E-state index < -0.39 is 0 Å². The Bertz CT molecular complexity index is 436. The molecule has 0 bridgehead atoms. The lowest BCUT2D eigenvalue weighted by Gasteiger charge is -2.22. The Balaban J connectivity index is 1.82. The number of nitrogens with zero attached hydrogens (tertiary/aromatic N) is 3. The first-order valence-corrected chi connectivity index (χ1v) is 7.71. The van der Waals surface area contributed by atoms with Crippen LogP contribution in [0.4, 0.5) is 0 Å². The summed E-state index contributed by atoms with van der Waals surface area (Å²) < 4.78 is 5.60. The fourth-order valence-corrected chi connectivity index (χ4v) is 2.47. The Morgan fingerprint density at radius 1 is 1.29 bits per heavy atom. The van der Waals surface area contributed by atoms with Crippen molar-refractivity contribution in [1.82, 2.24) is 14.8 Å². The molecule has 1 aliphatic rings. The molecule has 0 aromatic carbocycles. The SMILES string of the molecule is CC(C)OCCN1CCCN(C(=O)c2ccccn2)CC1. The standard InChI is InChI=1S/C16H25N3O2/c1-14(2)21-13-12-18-8-5-9-19(11-10-18)16(20)15-6-3-4-7-17-15/h3-4,6-7,14H,5,8-13H2,1-2H3. The highest BCUT2D eigenvalue weighted by molar-refractivity contribution is 5.92. The van der Waals surface area contributed by atoms with Gasteiger partial charge in [0.25, 0.3) is 5.91 Å². The second-order valence-electron chi connectivity index (χ2n) is 5.62. The van der Waals surface area contributed by atoms with Gasteiger partial charge in [0, 0.05) is 32.4 Å². The van der Waals surface area contributed by atoms with E-state index in [1.165, 1.54) is 0 Å². The molecule has 0 spiro atoms. The maximum absolute atomic E-state index is 12.4. The van der Waals surface area contributed by atoms with E-state index in [4.69, 9.17) is 4.74 Å². The van der Waals surface area contributed by atoms with Crippen molar-refractivity contribution in [1.29, 1.82) is 0 Å². The van der Waals surface area contributed by atoms with Gasteiger partial charge in [-0.15, -0.1) is 0 Å². The number of rotatable bonds is 5. The van der Waals surface area contributed by atoms with Gasteiger partial charge in [-0.1, -0.05) is 6.07 Å². The second kappa shape index (κ2) is 8.10. The lowest BCUT2D eigenvalue weighted by Crippen LogP contribution is -2.36. The first-order chi connectivity index (χ1) is 10.2. The maximum Gasteiger partial charge on any atom is 0.272 e. The van der Waals surface area contributed by atoms with E-state index in [-0.39, 0.29) is 12.0 Å². The van der Waals surface area contributed by atoms with Gasteiger partial charge in [-0.3, -0.25) is 14.7 Å². The van der Waals surface area contributed by atoms with Gasteiger partial charge in [0.15, 0.2) is 0 Å². The van der Waals surface area contributed by atoms with Crippen molar-refractivity contribution in [3.05, 3.63) is 30.1 Å². The molecule has 5 heteroatoms. The summed E-state index contributed by atoms with van der Waals surface area (Å²) in [4.78, 5) is 20.8. The minimum absolute atomic E-state index is 0.0379. The summed E-state index contributed by atoms with van der Waals surface area (Å²) in [6.45, 7) is 9.28. The lowest BCUT2D eigenvalue weighted by molar-refractivity contribution is 0.0591. The number of carbonyl (C=O) groups is 1. The third kappa shape index (κ3) is 5.10. The smallest absolute Gasteiger partial charge is 0.272 e. The molecule has 1 aliphatic heterocycles. The van der Waals surface area contributed by atoms with E-state index in [9.17, 15) is 4.79 Å². The number of ether oxygens (including phenoxy) is 1. The van der Waals surface area contributed by atoms with Crippen molar-refractivity contribution in [2.45, 2.75) is 26.4 Å². The molecule has 1 fully saturated rings. The molecule has 116 valence electrons. The van der Waals surface area contributed by atoms with Crippen LogP contribution in [0, 0.1) is 0 Å². The highest BCUT2D eigenvalue weighted by atomic mass is 16.5. The topological polar surface area (TPSA) is 45.7 Å². The Hall–Kier alpha value is -1.46. The minimum Gasteiger partial charge on any atom is -0.377 e. The summed E-state index contributed by atoms with van der Waals surface area (Å²) in [5.74, 6) is 0.0379. The van der Waals surface area contributed by atoms with Gasteiger partial charge >= 0.3 is 0 Å². The van der Waals surface area contributed by atoms with Gasteiger partial charge in [0.05, 0.1) is 12.7 Å². The van der Waals surface area contributed by atoms with E-state index in [2.05, 4.69) is 23.7 Å². The van der Waals surface area contributed by atoms with Crippen molar-refractivity contribution >= 4 is 5.91 Å². The molecule has 5 nitrogen and oxygen atoms in total. The molecule has 0 saturated carbocycles. The number of pyridine rings is 1. The molecule has 2 rings (SSSR count). The molecule has 1 aromatic heterocycles. The predicted octanol–water partition coefficient (Wildman–Crippen LogP) is 1.65. The fourth-order valence-electron chi connectivity index (χ4n) is 2.47. The molecule has 0 atom stereocenters. The zero-order valence-electron chi connectivity index (χ0n) is 13.0. The summed E-state index contributed by atoms with van der Waals surface area (Å²) in [6, 6.07) is 5.46. The van der Waals surface area contributed by atoms with Crippen LogP contribution in [0.25, 0.3) is 0 Å². The molecular formula is C16H25N3O2. The van der Waals surface area contributed by atoms with E-state index in [1.807, 2.05) is 17.0 Å². The summed E-state index contributed by atoms with van der Waals surface area (Å²) in [6.07, 6.45) is 2.94. The summed E-state index contributed by atoms with van der Waals surface area (Å²) >= 11 is 0. The highest BCUT2D eigenvalue weighted by Gasteiger charge is 2.20. The third-order valence-electron chi connectivity index (χ3n) is 3.62. The van der Waals surface area contributed by atoms with Crippen LogP contribution in [0.5, 0.6) is 0 Å². The average Bonchev–Trinajstić information content (AvgIpc) is 2.73. The molecule has 0 aliphatic carbocycles. The Morgan fingerprint density at radius 2 is 2.14 bits per heavy atom. The largest absolute Gasteiger partial charge is 0.377 e. The van der Waals surface area contributed by atoms with Crippen LogP contribution in [0.15, 0.2) is 24.4 Å². The van der Waals surface area contributed by atoms with Gasteiger partial charge in [-0.05, 0) is 38.9 Å². The van der Waals surface area contributed by atoms with Gasteiger partial charge < -0.3 is 9.64 Å². The Morgan fingerprint density at radius 3 is 2.86 bits per heavy atom. The van der Waals surface area contributed by atoms with E-state index in [0.29, 0.717) is 5.69 Å². The lowest BCUT2D eigenvalue weighted by atomic mass is 10.3. The molecule has 0 unspecified atom stereocenters. The monoisotopic (exact) mass is 291 g/mol. The quantitative estimate of drug-likeness (QED) is 0.827. The first kappa shape index (κ1) is 15.9. The average molecular weight is 291 g/mol. The predicted molar refractivity (Wildman–Crippen MR) is 82.3 cm³/mol. The van der Waals surface area contributed by atoms with Crippen LogP contribution >= 0.6 is 0 Å².